The average Bonchev–Trinajstić information content (AvgIpc) is 2.37. The van der Waals surface area contributed by atoms with Gasteiger partial charge >= 0.3 is 12.2 Å². The van der Waals surface area contributed by atoms with Crippen LogP contribution in [0.25, 0.3) is 0 Å². The molecule has 4 nitrogen and oxygen atoms in total. The molecule has 0 saturated heterocycles. The molecule has 0 aliphatic heterocycles. The van der Waals surface area contributed by atoms with Crippen LogP contribution in [0.2, 0.25) is 0 Å². The summed E-state index contributed by atoms with van der Waals surface area (Å²) >= 11 is 0. The smallest absolute Gasteiger partial charge is 0.416 e. The number of hydrogen-bond donors (Lipinski definition) is 0. The Kier molecular flexibility index (Phi) is 3.57. The predicted molar refractivity (Wildman–Crippen MR) is 63.0 cm³/mol. The lowest BCUT2D eigenvalue weighted by Crippen LogP contribution is -2.04. The second-order valence-electron chi connectivity index (χ2n) is 3.91. The van der Waals surface area contributed by atoms with Crippen LogP contribution in [0.5, 0.6) is 11.8 Å². The van der Waals surface area contributed by atoms with Crippen molar-refractivity contribution in [1.29, 1.82) is 5.26 Å². The lowest BCUT2D eigenvalue weighted by molar-refractivity contribution is -0.137. The van der Waals surface area contributed by atoms with E-state index >= 15 is 0 Å². The highest BCUT2D eigenvalue weighted by atomic mass is 19.4. The zero-order valence-electron chi connectivity index (χ0n) is 10.3. The Labute approximate surface area is 112 Å². The Morgan fingerprint density at radius 1 is 1.15 bits per heavy atom. The molecule has 0 spiro atoms. The van der Waals surface area contributed by atoms with E-state index in [-0.39, 0.29) is 17.5 Å². The zero-order chi connectivity index (χ0) is 14.8. The summed E-state index contributed by atoms with van der Waals surface area (Å²) in [5.41, 5.74) is -0.120. The molecule has 0 aliphatic carbocycles. The molecule has 2 aromatic rings. The van der Waals surface area contributed by atoms with Gasteiger partial charge in [-0.1, -0.05) is 0 Å². The number of benzene rings is 1. The van der Waals surface area contributed by atoms with Crippen molar-refractivity contribution in [2.45, 2.75) is 13.1 Å². The standard InChI is InChI=1S/C13H8F3N3O/c1-8-6-10(7-17)19-12(18-8)20-11-4-2-9(3-5-11)13(14,15)16/h2-6H,1H3. The van der Waals surface area contributed by atoms with E-state index in [0.29, 0.717) is 5.69 Å². The highest BCUT2D eigenvalue weighted by Gasteiger charge is 2.30. The van der Waals surface area contributed by atoms with Gasteiger partial charge in [-0.25, -0.2) is 4.98 Å². The van der Waals surface area contributed by atoms with Crippen LogP contribution in [0, 0.1) is 18.3 Å². The molecule has 0 unspecified atom stereocenters. The third-order valence-corrected chi connectivity index (χ3v) is 2.34. The number of aromatic nitrogens is 2. The average molecular weight is 279 g/mol. The molecular weight excluding hydrogens is 271 g/mol. The molecule has 0 saturated carbocycles. The Morgan fingerprint density at radius 2 is 1.80 bits per heavy atom. The van der Waals surface area contributed by atoms with Gasteiger partial charge in [-0.3, -0.25) is 0 Å². The van der Waals surface area contributed by atoms with Crippen molar-refractivity contribution in [1.82, 2.24) is 9.97 Å². The van der Waals surface area contributed by atoms with E-state index in [1.165, 1.54) is 18.2 Å². The van der Waals surface area contributed by atoms with Crippen molar-refractivity contribution in [2.24, 2.45) is 0 Å². The summed E-state index contributed by atoms with van der Waals surface area (Å²) in [5.74, 6) is 0.160. The molecule has 0 amide bonds. The molecule has 7 heteroatoms. The maximum Gasteiger partial charge on any atom is 0.416 e. The van der Waals surface area contributed by atoms with Gasteiger partial charge in [0.15, 0.2) is 0 Å². The molecule has 1 heterocycles. The largest absolute Gasteiger partial charge is 0.424 e. The van der Waals surface area contributed by atoms with Crippen LogP contribution in [0.15, 0.2) is 30.3 Å². The van der Waals surface area contributed by atoms with Crippen molar-refractivity contribution < 1.29 is 17.9 Å². The van der Waals surface area contributed by atoms with Gasteiger partial charge in [0, 0.05) is 5.69 Å². The van der Waals surface area contributed by atoms with Crippen LogP contribution < -0.4 is 4.74 Å². The third-order valence-electron chi connectivity index (χ3n) is 2.34. The molecule has 1 aromatic heterocycles. The second-order valence-corrected chi connectivity index (χ2v) is 3.91. The van der Waals surface area contributed by atoms with E-state index in [9.17, 15) is 13.2 Å². The fourth-order valence-corrected chi connectivity index (χ4v) is 1.46. The highest BCUT2D eigenvalue weighted by Crippen LogP contribution is 2.30. The Balaban J connectivity index is 2.23. The molecule has 102 valence electrons. The molecule has 0 fully saturated rings. The summed E-state index contributed by atoms with van der Waals surface area (Å²) < 4.78 is 42.4. The van der Waals surface area contributed by atoms with E-state index in [0.717, 1.165) is 12.1 Å². The van der Waals surface area contributed by atoms with Gasteiger partial charge in [0.25, 0.3) is 0 Å². The van der Waals surface area contributed by atoms with Crippen molar-refractivity contribution >= 4 is 0 Å². The number of aryl methyl sites for hydroxylation is 1. The molecule has 20 heavy (non-hydrogen) atoms. The van der Waals surface area contributed by atoms with Gasteiger partial charge in [-0.2, -0.15) is 23.4 Å². The number of nitriles is 1. The van der Waals surface area contributed by atoms with Gasteiger partial charge < -0.3 is 4.74 Å². The van der Waals surface area contributed by atoms with Gasteiger partial charge in [0.2, 0.25) is 0 Å². The number of hydrogen-bond acceptors (Lipinski definition) is 4. The number of halogens is 3. The minimum Gasteiger partial charge on any atom is -0.424 e. The zero-order valence-corrected chi connectivity index (χ0v) is 10.3. The number of rotatable bonds is 2. The third kappa shape index (κ3) is 3.23. The Morgan fingerprint density at radius 3 is 2.35 bits per heavy atom. The van der Waals surface area contributed by atoms with Crippen LogP contribution in [0.4, 0.5) is 13.2 Å². The van der Waals surface area contributed by atoms with E-state index in [1.54, 1.807) is 6.92 Å². The molecule has 0 atom stereocenters. The summed E-state index contributed by atoms with van der Waals surface area (Å²) in [6.07, 6.45) is -4.40. The normalized spacial score (nSPS) is 10.9. The predicted octanol–water partition coefficient (Wildman–Crippen LogP) is 3.47. The fourth-order valence-electron chi connectivity index (χ4n) is 1.46. The van der Waals surface area contributed by atoms with Gasteiger partial charge in [-0.15, -0.1) is 0 Å². The maximum absolute atomic E-state index is 12.4. The number of alkyl halides is 3. The van der Waals surface area contributed by atoms with E-state index in [2.05, 4.69) is 9.97 Å². The van der Waals surface area contributed by atoms with Gasteiger partial charge in [0.1, 0.15) is 17.5 Å². The lowest BCUT2D eigenvalue weighted by atomic mass is 10.2. The minimum absolute atomic E-state index is 0.0821. The lowest BCUT2D eigenvalue weighted by Gasteiger charge is -2.08. The van der Waals surface area contributed by atoms with Crippen LogP contribution in [-0.2, 0) is 6.18 Å². The summed E-state index contributed by atoms with van der Waals surface area (Å²) in [6.45, 7) is 1.65. The van der Waals surface area contributed by atoms with Crippen LogP contribution in [0.1, 0.15) is 17.0 Å². The van der Waals surface area contributed by atoms with Crippen molar-refractivity contribution in [2.75, 3.05) is 0 Å². The van der Waals surface area contributed by atoms with E-state index in [4.69, 9.17) is 10.00 Å². The summed E-state index contributed by atoms with van der Waals surface area (Å²) in [5, 5.41) is 8.76. The first-order valence-corrected chi connectivity index (χ1v) is 5.49. The van der Waals surface area contributed by atoms with Crippen LogP contribution >= 0.6 is 0 Å². The molecule has 1 aromatic carbocycles. The first kappa shape index (κ1) is 13.8. The van der Waals surface area contributed by atoms with Crippen molar-refractivity contribution in [3.05, 3.63) is 47.3 Å². The number of nitrogens with zero attached hydrogens (tertiary/aromatic N) is 3. The molecule has 0 N–H and O–H groups in total. The Hall–Kier alpha value is -2.62. The molecule has 2 rings (SSSR count). The SMILES string of the molecule is Cc1cc(C#N)nc(Oc2ccc(C(F)(F)F)cc2)n1. The van der Waals surface area contributed by atoms with Gasteiger partial charge in [0.05, 0.1) is 5.56 Å². The summed E-state index contributed by atoms with van der Waals surface area (Å²) in [4.78, 5) is 7.74. The van der Waals surface area contributed by atoms with Gasteiger partial charge in [-0.05, 0) is 37.3 Å². The highest BCUT2D eigenvalue weighted by molar-refractivity contribution is 5.31. The summed E-state index contributed by atoms with van der Waals surface area (Å²) in [6, 6.07) is 7.37. The van der Waals surface area contributed by atoms with Crippen molar-refractivity contribution in [3.8, 4) is 17.8 Å². The van der Waals surface area contributed by atoms with Crippen molar-refractivity contribution in [3.63, 3.8) is 0 Å². The first-order chi connectivity index (χ1) is 9.38. The van der Waals surface area contributed by atoms with E-state index < -0.39 is 11.7 Å². The Bertz CT molecular complexity index is 660. The van der Waals surface area contributed by atoms with Crippen LogP contribution in [-0.4, -0.2) is 9.97 Å². The minimum atomic E-state index is -4.40. The number of ether oxygens (including phenoxy) is 1. The topological polar surface area (TPSA) is 58.8 Å². The van der Waals surface area contributed by atoms with Crippen LogP contribution in [0.3, 0.4) is 0 Å². The monoisotopic (exact) mass is 279 g/mol. The second kappa shape index (κ2) is 5.17. The maximum atomic E-state index is 12.4. The fraction of sp³-hybridized carbons (Fsp3) is 0.154. The molecule has 0 bridgehead atoms. The molecule has 0 radical (unpaired) electrons. The molecule has 0 aliphatic rings. The first-order valence-electron chi connectivity index (χ1n) is 5.49. The quantitative estimate of drug-likeness (QED) is 0.844. The van der Waals surface area contributed by atoms with E-state index in [1.807, 2.05) is 6.07 Å². The summed E-state index contributed by atoms with van der Waals surface area (Å²) in [7, 11) is 0. The molecular formula is C13H8F3N3O.